The average Bonchev–Trinajstić information content (AvgIpc) is 2.86. The van der Waals surface area contributed by atoms with Gasteiger partial charge in [0.2, 0.25) is 0 Å². The summed E-state index contributed by atoms with van der Waals surface area (Å²) in [6.07, 6.45) is 13.0. The van der Waals surface area contributed by atoms with Gasteiger partial charge in [-0.05, 0) is 31.9 Å². The van der Waals surface area contributed by atoms with Gasteiger partial charge in [-0.3, -0.25) is 0 Å². The molecule has 112 valence electrons. The van der Waals surface area contributed by atoms with Crippen molar-refractivity contribution < 1.29 is 8.42 Å². The van der Waals surface area contributed by atoms with Gasteiger partial charge in [-0.2, -0.15) is 11.8 Å². The molecular weight excluding hydrogens is 278 g/mol. The molecule has 0 aromatic rings. The molecule has 0 saturated heterocycles. The maximum atomic E-state index is 11.8. The van der Waals surface area contributed by atoms with E-state index in [1.165, 1.54) is 38.4 Å². The largest absolute Gasteiger partial charge is 0.311 e. The van der Waals surface area contributed by atoms with Crippen LogP contribution in [0.1, 0.15) is 51.4 Å². The summed E-state index contributed by atoms with van der Waals surface area (Å²) >= 11 is 1.97. The lowest BCUT2D eigenvalue weighted by molar-refractivity contribution is 0.361. The van der Waals surface area contributed by atoms with Crippen molar-refractivity contribution in [1.29, 1.82) is 0 Å². The van der Waals surface area contributed by atoms with Crippen LogP contribution in [0.15, 0.2) is 0 Å². The van der Waals surface area contributed by atoms with Crippen molar-refractivity contribution in [2.75, 3.05) is 19.1 Å². The molecule has 0 aliphatic heterocycles. The first-order chi connectivity index (χ1) is 8.97. The second-order valence-electron chi connectivity index (χ2n) is 6.23. The number of rotatable bonds is 5. The van der Waals surface area contributed by atoms with Gasteiger partial charge in [0.15, 0.2) is 9.84 Å². The van der Waals surface area contributed by atoms with E-state index in [1.807, 2.05) is 11.8 Å². The average molecular weight is 306 g/mol. The predicted molar refractivity (Wildman–Crippen MR) is 83.6 cm³/mol. The molecule has 5 heteroatoms. The summed E-state index contributed by atoms with van der Waals surface area (Å²) in [4.78, 5) is 0. The molecule has 0 spiro atoms. The summed E-state index contributed by atoms with van der Waals surface area (Å²) in [7, 11) is -2.90. The molecule has 0 heterocycles. The normalized spacial score (nSPS) is 31.5. The van der Waals surface area contributed by atoms with Crippen LogP contribution in [-0.2, 0) is 9.84 Å². The topological polar surface area (TPSA) is 46.2 Å². The van der Waals surface area contributed by atoms with Gasteiger partial charge in [-0.1, -0.05) is 25.7 Å². The second-order valence-corrected chi connectivity index (χ2v) is 9.77. The van der Waals surface area contributed by atoms with Crippen LogP contribution < -0.4 is 5.32 Å². The smallest absolute Gasteiger partial charge is 0.151 e. The molecule has 2 fully saturated rings. The number of nitrogens with one attached hydrogen (secondary N) is 1. The lowest BCUT2D eigenvalue weighted by Gasteiger charge is -2.37. The maximum absolute atomic E-state index is 11.8. The van der Waals surface area contributed by atoms with Gasteiger partial charge in [-0.25, -0.2) is 8.42 Å². The highest BCUT2D eigenvalue weighted by atomic mass is 32.2. The third-order valence-electron chi connectivity index (χ3n) is 4.89. The van der Waals surface area contributed by atoms with E-state index in [4.69, 9.17) is 0 Å². The van der Waals surface area contributed by atoms with Gasteiger partial charge in [0.05, 0.1) is 5.25 Å². The van der Waals surface area contributed by atoms with Gasteiger partial charge in [0.25, 0.3) is 0 Å². The van der Waals surface area contributed by atoms with Crippen LogP contribution in [0, 0.1) is 0 Å². The molecule has 0 radical (unpaired) electrons. The predicted octanol–water partition coefficient (Wildman–Crippen LogP) is 2.61. The van der Waals surface area contributed by atoms with Gasteiger partial charge >= 0.3 is 0 Å². The van der Waals surface area contributed by atoms with Crippen LogP contribution in [0.25, 0.3) is 0 Å². The molecule has 0 aromatic heterocycles. The highest BCUT2D eigenvalue weighted by molar-refractivity contribution is 8.00. The highest BCUT2D eigenvalue weighted by Gasteiger charge is 2.37. The van der Waals surface area contributed by atoms with Gasteiger partial charge < -0.3 is 5.32 Å². The Labute approximate surface area is 122 Å². The van der Waals surface area contributed by atoms with Crippen molar-refractivity contribution in [1.82, 2.24) is 5.32 Å². The Morgan fingerprint density at radius 2 is 1.84 bits per heavy atom. The lowest BCUT2D eigenvalue weighted by Crippen LogP contribution is -2.47. The molecule has 0 aromatic carbocycles. The summed E-state index contributed by atoms with van der Waals surface area (Å²) in [5, 5.41) is 3.44. The fourth-order valence-corrected chi connectivity index (χ4v) is 5.99. The second kappa shape index (κ2) is 6.35. The molecule has 2 rings (SSSR count). The Kier molecular flexibility index (Phi) is 5.23. The van der Waals surface area contributed by atoms with Crippen molar-refractivity contribution >= 4 is 21.6 Å². The minimum absolute atomic E-state index is 0.157. The molecule has 2 aliphatic rings. The molecule has 2 aliphatic carbocycles. The van der Waals surface area contributed by atoms with E-state index < -0.39 is 9.84 Å². The zero-order valence-electron chi connectivity index (χ0n) is 12.2. The standard InChI is InChI=1S/C14H27NO2S2/c1-18-14(9-4-3-5-10-14)11-15-12-7-6-8-13(12)19(2,16)17/h12-13,15H,3-11H2,1-2H3. The van der Waals surface area contributed by atoms with E-state index in [2.05, 4.69) is 11.6 Å². The fraction of sp³-hybridized carbons (Fsp3) is 1.00. The molecule has 2 unspecified atom stereocenters. The van der Waals surface area contributed by atoms with E-state index >= 15 is 0 Å². The molecule has 2 atom stereocenters. The summed E-state index contributed by atoms with van der Waals surface area (Å²) in [5.41, 5.74) is 0. The van der Waals surface area contributed by atoms with Crippen LogP contribution in [0.4, 0.5) is 0 Å². The minimum Gasteiger partial charge on any atom is -0.311 e. The van der Waals surface area contributed by atoms with E-state index in [1.54, 1.807) is 0 Å². The number of hydrogen-bond acceptors (Lipinski definition) is 4. The first-order valence-electron chi connectivity index (χ1n) is 7.44. The Bertz CT molecular complexity index is 388. The first-order valence-corrected chi connectivity index (χ1v) is 10.6. The molecule has 19 heavy (non-hydrogen) atoms. The Balaban J connectivity index is 1.93. The SMILES string of the molecule is CSC1(CNC2CCCC2S(C)(=O)=O)CCCCC1. The van der Waals surface area contributed by atoms with Gasteiger partial charge in [0.1, 0.15) is 0 Å². The van der Waals surface area contributed by atoms with Gasteiger partial charge in [-0.15, -0.1) is 0 Å². The van der Waals surface area contributed by atoms with Crippen LogP contribution >= 0.6 is 11.8 Å². The molecule has 3 nitrogen and oxygen atoms in total. The summed E-state index contributed by atoms with van der Waals surface area (Å²) in [5.74, 6) is 0. The number of sulfone groups is 1. The Morgan fingerprint density at radius 3 is 2.42 bits per heavy atom. The number of thioether (sulfide) groups is 1. The quantitative estimate of drug-likeness (QED) is 0.848. The third kappa shape index (κ3) is 3.88. The molecular formula is C14H27NO2S2. The highest BCUT2D eigenvalue weighted by Crippen LogP contribution is 2.38. The summed E-state index contributed by atoms with van der Waals surface area (Å²) in [6.45, 7) is 0.977. The zero-order chi connectivity index (χ0) is 13.9. The van der Waals surface area contributed by atoms with Crippen molar-refractivity contribution in [3.8, 4) is 0 Å². The summed E-state index contributed by atoms with van der Waals surface area (Å²) in [6, 6.07) is 0.181. The first kappa shape index (κ1) is 15.6. The zero-order valence-corrected chi connectivity index (χ0v) is 13.8. The summed E-state index contributed by atoms with van der Waals surface area (Å²) < 4.78 is 23.9. The Morgan fingerprint density at radius 1 is 1.16 bits per heavy atom. The number of hydrogen-bond donors (Lipinski definition) is 1. The van der Waals surface area contributed by atoms with Crippen molar-refractivity contribution in [3.63, 3.8) is 0 Å². The molecule has 2 saturated carbocycles. The van der Waals surface area contributed by atoms with Crippen molar-refractivity contribution in [2.45, 2.75) is 67.4 Å². The van der Waals surface area contributed by atoms with Crippen LogP contribution in [0.3, 0.4) is 0 Å². The minimum atomic E-state index is -2.90. The monoisotopic (exact) mass is 305 g/mol. The molecule has 0 amide bonds. The third-order valence-corrected chi connectivity index (χ3v) is 7.97. The van der Waals surface area contributed by atoms with E-state index in [9.17, 15) is 8.42 Å². The van der Waals surface area contributed by atoms with Crippen LogP contribution in [0.5, 0.6) is 0 Å². The lowest BCUT2D eigenvalue weighted by atomic mass is 9.88. The van der Waals surface area contributed by atoms with E-state index in [-0.39, 0.29) is 11.3 Å². The van der Waals surface area contributed by atoms with Crippen LogP contribution in [-0.4, -0.2) is 43.5 Å². The van der Waals surface area contributed by atoms with Gasteiger partial charge in [0, 0.05) is 23.6 Å². The Hall–Kier alpha value is 0.260. The van der Waals surface area contributed by atoms with Crippen LogP contribution in [0.2, 0.25) is 0 Å². The van der Waals surface area contributed by atoms with Crippen molar-refractivity contribution in [3.05, 3.63) is 0 Å². The van der Waals surface area contributed by atoms with Crippen molar-refractivity contribution in [2.24, 2.45) is 0 Å². The molecule has 0 bridgehead atoms. The maximum Gasteiger partial charge on any atom is 0.151 e. The van der Waals surface area contributed by atoms with E-state index in [0.29, 0.717) is 4.75 Å². The fourth-order valence-electron chi connectivity index (χ4n) is 3.64. The van der Waals surface area contributed by atoms with E-state index in [0.717, 1.165) is 25.8 Å². The molecule has 1 N–H and O–H groups in total.